The molecule has 4 heteroatoms. The highest BCUT2D eigenvalue weighted by molar-refractivity contribution is 5.72. The van der Waals surface area contributed by atoms with Crippen molar-refractivity contribution in [3.05, 3.63) is 0 Å². The third-order valence-electron chi connectivity index (χ3n) is 3.16. The summed E-state index contributed by atoms with van der Waals surface area (Å²) in [7, 11) is 0. The monoisotopic (exact) mass is 256 g/mol. The minimum atomic E-state index is -0.375. The Morgan fingerprint density at radius 3 is 2.44 bits per heavy atom. The molecule has 1 rings (SSSR count). The van der Waals surface area contributed by atoms with Gasteiger partial charge in [0.05, 0.1) is 6.54 Å². The lowest BCUT2D eigenvalue weighted by atomic mass is 9.97. The standard InChI is InChI=1S/C14H28N2O2/c1-5-15-10-12-6-8-16(9-7-12)11-13(17)18-14(2,3)4/h12,15H,5-11H2,1-4H3. The number of hydrogen-bond donors (Lipinski definition) is 1. The molecule has 0 spiro atoms. The molecule has 0 unspecified atom stereocenters. The van der Waals surface area contributed by atoms with Crippen LogP contribution >= 0.6 is 0 Å². The summed E-state index contributed by atoms with van der Waals surface area (Å²) >= 11 is 0. The molecule has 0 saturated carbocycles. The highest BCUT2D eigenvalue weighted by atomic mass is 16.6. The minimum Gasteiger partial charge on any atom is -0.459 e. The van der Waals surface area contributed by atoms with E-state index in [9.17, 15) is 4.79 Å². The molecule has 1 heterocycles. The van der Waals surface area contributed by atoms with Crippen molar-refractivity contribution in [2.24, 2.45) is 5.92 Å². The molecule has 1 saturated heterocycles. The van der Waals surface area contributed by atoms with Gasteiger partial charge in [0.1, 0.15) is 5.60 Å². The van der Waals surface area contributed by atoms with Crippen molar-refractivity contribution in [1.29, 1.82) is 0 Å². The average Bonchev–Trinajstić information content (AvgIpc) is 2.25. The zero-order valence-corrected chi connectivity index (χ0v) is 12.3. The molecule has 106 valence electrons. The molecule has 0 aromatic carbocycles. The summed E-state index contributed by atoms with van der Waals surface area (Å²) in [5, 5.41) is 3.39. The van der Waals surface area contributed by atoms with Gasteiger partial charge in [0.15, 0.2) is 0 Å². The van der Waals surface area contributed by atoms with E-state index in [1.807, 2.05) is 20.8 Å². The number of carbonyl (C=O) groups is 1. The fourth-order valence-corrected chi connectivity index (χ4v) is 2.25. The van der Waals surface area contributed by atoms with Gasteiger partial charge in [0.2, 0.25) is 0 Å². The van der Waals surface area contributed by atoms with E-state index in [0.717, 1.165) is 32.1 Å². The second-order valence-corrected chi connectivity index (χ2v) is 6.11. The summed E-state index contributed by atoms with van der Waals surface area (Å²) in [5.74, 6) is 0.660. The largest absolute Gasteiger partial charge is 0.459 e. The summed E-state index contributed by atoms with van der Waals surface area (Å²) in [5.41, 5.74) is -0.375. The molecule has 1 aliphatic rings. The smallest absolute Gasteiger partial charge is 0.320 e. The van der Waals surface area contributed by atoms with Crippen molar-refractivity contribution in [3.63, 3.8) is 0 Å². The summed E-state index contributed by atoms with van der Waals surface area (Å²) in [6.07, 6.45) is 2.35. The van der Waals surface area contributed by atoms with Gasteiger partial charge in [-0.25, -0.2) is 0 Å². The van der Waals surface area contributed by atoms with Gasteiger partial charge in [0, 0.05) is 0 Å². The lowest BCUT2D eigenvalue weighted by Gasteiger charge is -2.32. The van der Waals surface area contributed by atoms with Gasteiger partial charge in [-0.1, -0.05) is 6.92 Å². The normalized spacial score (nSPS) is 18.9. The summed E-state index contributed by atoms with van der Waals surface area (Å²) in [6.45, 7) is 12.5. The second kappa shape index (κ2) is 7.10. The van der Waals surface area contributed by atoms with Crippen LogP contribution in [0.3, 0.4) is 0 Å². The Morgan fingerprint density at radius 1 is 1.33 bits per heavy atom. The van der Waals surface area contributed by atoms with Crippen LogP contribution in [0.15, 0.2) is 0 Å². The Hall–Kier alpha value is -0.610. The van der Waals surface area contributed by atoms with E-state index < -0.39 is 0 Å². The first-order valence-electron chi connectivity index (χ1n) is 7.05. The van der Waals surface area contributed by atoms with Gasteiger partial charge in [-0.2, -0.15) is 0 Å². The van der Waals surface area contributed by atoms with Crippen LogP contribution < -0.4 is 5.32 Å². The lowest BCUT2D eigenvalue weighted by Crippen LogP contribution is -2.41. The minimum absolute atomic E-state index is 0.104. The molecular weight excluding hydrogens is 228 g/mol. The van der Waals surface area contributed by atoms with Crippen molar-refractivity contribution < 1.29 is 9.53 Å². The summed E-state index contributed by atoms with van der Waals surface area (Å²) in [6, 6.07) is 0. The molecule has 0 amide bonds. The molecule has 4 nitrogen and oxygen atoms in total. The molecule has 18 heavy (non-hydrogen) atoms. The number of carbonyl (C=O) groups excluding carboxylic acids is 1. The first-order chi connectivity index (χ1) is 8.40. The number of likely N-dealkylation sites (tertiary alicyclic amines) is 1. The van der Waals surface area contributed by atoms with Gasteiger partial charge in [-0.05, 0) is 65.7 Å². The second-order valence-electron chi connectivity index (χ2n) is 6.11. The predicted octanol–water partition coefficient (Wildman–Crippen LogP) is 1.65. The fraction of sp³-hybridized carbons (Fsp3) is 0.929. The Bertz CT molecular complexity index is 253. The van der Waals surface area contributed by atoms with E-state index in [1.54, 1.807) is 0 Å². The molecule has 1 aliphatic heterocycles. The first-order valence-corrected chi connectivity index (χ1v) is 7.05. The topological polar surface area (TPSA) is 41.6 Å². The molecule has 0 radical (unpaired) electrons. The molecule has 0 aromatic heterocycles. The summed E-state index contributed by atoms with van der Waals surface area (Å²) < 4.78 is 5.34. The number of ether oxygens (including phenoxy) is 1. The first kappa shape index (κ1) is 15.4. The maximum absolute atomic E-state index is 11.7. The molecule has 1 fully saturated rings. The van der Waals surface area contributed by atoms with Gasteiger partial charge >= 0.3 is 5.97 Å². The highest BCUT2D eigenvalue weighted by Crippen LogP contribution is 2.16. The third-order valence-corrected chi connectivity index (χ3v) is 3.16. The number of esters is 1. The van der Waals surface area contributed by atoms with E-state index in [-0.39, 0.29) is 11.6 Å². The van der Waals surface area contributed by atoms with Gasteiger partial charge < -0.3 is 10.1 Å². The fourth-order valence-electron chi connectivity index (χ4n) is 2.25. The van der Waals surface area contributed by atoms with Gasteiger partial charge in [-0.15, -0.1) is 0 Å². The van der Waals surface area contributed by atoms with Crippen LogP contribution in [0.25, 0.3) is 0 Å². The van der Waals surface area contributed by atoms with E-state index >= 15 is 0 Å². The van der Waals surface area contributed by atoms with E-state index in [1.165, 1.54) is 12.8 Å². The lowest BCUT2D eigenvalue weighted by molar-refractivity contribution is -0.156. The Morgan fingerprint density at radius 2 is 1.94 bits per heavy atom. The average molecular weight is 256 g/mol. The Balaban J connectivity index is 2.21. The van der Waals surface area contributed by atoms with Crippen molar-refractivity contribution in [1.82, 2.24) is 10.2 Å². The number of hydrogen-bond acceptors (Lipinski definition) is 4. The number of nitrogens with one attached hydrogen (secondary N) is 1. The van der Waals surface area contributed by atoms with Gasteiger partial charge in [-0.3, -0.25) is 9.69 Å². The third kappa shape index (κ3) is 6.36. The van der Waals surface area contributed by atoms with Crippen LogP contribution in [-0.2, 0) is 9.53 Å². The van der Waals surface area contributed by atoms with Gasteiger partial charge in [0.25, 0.3) is 0 Å². The SMILES string of the molecule is CCNCC1CCN(CC(=O)OC(C)(C)C)CC1. The van der Waals surface area contributed by atoms with Crippen molar-refractivity contribution in [3.8, 4) is 0 Å². The molecule has 0 aromatic rings. The van der Waals surface area contributed by atoms with Crippen molar-refractivity contribution >= 4 is 5.97 Å². The molecule has 0 bridgehead atoms. The van der Waals surface area contributed by atoms with E-state index in [2.05, 4.69) is 17.1 Å². The van der Waals surface area contributed by atoms with E-state index in [4.69, 9.17) is 4.74 Å². The van der Waals surface area contributed by atoms with Crippen LogP contribution in [0.5, 0.6) is 0 Å². The van der Waals surface area contributed by atoms with Crippen molar-refractivity contribution in [2.45, 2.75) is 46.1 Å². The summed E-state index contributed by atoms with van der Waals surface area (Å²) in [4.78, 5) is 13.9. The van der Waals surface area contributed by atoms with Crippen molar-refractivity contribution in [2.75, 3.05) is 32.7 Å². The number of rotatable bonds is 5. The maximum Gasteiger partial charge on any atom is 0.320 e. The Labute approximate surface area is 111 Å². The molecule has 1 N–H and O–H groups in total. The zero-order chi connectivity index (χ0) is 13.6. The van der Waals surface area contributed by atoms with Crippen LogP contribution in [-0.4, -0.2) is 49.2 Å². The molecule has 0 atom stereocenters. The van der Waals surface area contributed by atoms with Crippen LogP contribution in [0, 0.1) is 5.92 Å². The Kier molecular flexibility index (Phi) is 6.09. The zero-order valence-electron chi connectivity index (χ0n) is 12.3. The quantitative estimate of drug-likeness (QED) is 0.760. The van der Waals surface area contributed by atoms with Crippen LogP contribution in [0.1, 0.15) is 40.5 Å². The maximum atomic E-state index is 11.7. The molecular formula is C14H28N2O2. The van der Waals surface area contributed by atoms with Crippen LogP contribution in [0.4, 0.5) is 0 Å². The number of piperidine rings is 1. The number of nitrogens with zero attached hydrogens (tertiary/aromatic N) is 1. The molecule has 0 aliphatic carbocycles. The highest BCUT2D eigenvalue weighted by Gasteiger charge is 2.23. The van der Waals surface area contributed by atoms with E-state index in [0.29, 0.717) is 6.54 Å². The predicted molar refractivity (Wildman–Crippen MR) is 73.6 cm³/mol. The van der Waals surface area contributed by atoms with Crippen LogP contribution in [0.2, 0.25) is 0 Å².